The molecule has 2 amide bonds. The van der Waals surface area contributed by atoms with Gasteiger partial charge in [-0.05, 0) is 37.8 Å². The van der Waals surface area contributed by atoms with Crippen molar-refractivity contribution in [2.24, 2.45) is 11.7 Å². The summed E-state index contributed by atoms with van der Waals surface area (Å²) >= 11 is 0. The third-order valence-corrected chi connectivity index (χ3v) is 4.98. The Labute approximate surface area is 142 Å². The van der Waals surface area contributed by atoms with Crippen LogP contribution in [0.4, 0.5) is 5.69 Å². The highest BCUT2D eigenvalue weighted by molar-refractivity contribution is 6.02. The molecule has 6 heteroatoms. The molecule has 2 fully saturated rings. The summed E-state index contributed by atoms with van der Waals surface area (Å²) in [6.45, 7) is 0.578. The van der Waals surface area contributed by atoms with Crippen molar-refractivity contribution in [3.63, 3.8) is 0 Å². The minimum atomic E-state index is -0.458. The van der Waals surface area contributed by atoms with Gasteiger partial charge in [0.1, 0.15) is 11.8 Å². The first kappa shape index (κ1) is 16.8. The number of benzene rings is 1. The monoisotopic (exact) mass is 331 g/mol. The summed E-state index contributed by atoms with van der Waals surface area (Å²) in [5, 5.41) is 2.93. The van der Waals surface area contributed by atoms with Gasteiger partial charge in [-0.2, -0.15) is 0 Å². The van der Waals surface area contributed by atoms with Gasteiger partial charge < -0.3 is 20.7 Å². The van der Waals surface area contributed by atoms with Crippen LogP contribution in [-0.2, 0) is 9.59 Å². The number of rotatable bonds is 4. The van der Waals surface area contributed by atoms with Crippen molar-refractivity contribution in [3.05, 3.63) is 24.3 Å². The summed E-state index contributed by atoms with van der Waals surface area (Å²) in [6, 6.07) is 7.08. The van der Waals surface area contributed by atoms with E-state index in [0.717, 1.165) is 24.9 Å². The zero-order valence-corrected chi connectivity index (χ0v) is 14.0. The standard InChI is InChI=1S/C18H25N3O3/c1-24-16-8-3-2-7-15(16)21-10-9-14(18(21)23)20-17(22)12-5-4-6-13(19)11-12/h2-3,7-8,12-14H,4-6,9-11,19H2,1H3,(H,20,22)/t12-,13+,14-/m0/s1. The topological polar surface area (TPSA) is 84.7 Å². The number of carbonyl (C=O) groups is 2. The zero-order valence-electron chi connectivity index (χ0n) is 14.0. The van der Waals surface area contributed by atoms with Gasteiger partial charge in [0.05, 0.1) is 12.8 Å². The maximum atomic E-state index is 12.7. The van der Waals surface area contributed by atoms with Crippen LogP contribution in [0.25, 0.3) is 0 Å². The molecule has 3 rings (SSSR count). The fourth-order valence-corrected chi connectivity index (χ4v) is 3.66. The second-order valence-electron chi connectivity index (χ2n) is 6.64. The van der Waals surface area contributed by atoms with E-state index >= 15 is 0 Å². The van der Waals surface area contributed by atoms with E-state index in [1.165, 1.54) is 0 Å². The van der Waals surface area contributed by atoms with Crippen LogP contribution in [0.15, 0.2) is 24.3 Å². The van der Waals surface area contributed by atoms with Crippen LogP contribution in [0.5, 0.6) is 5.75 Å². The fraction of sp³-hybridized carbons (Fsp3) is 0.556. The third-order valence-electron chi connectivity index (χ3n) is 4.98. The Kier molecular flexibility index (Phi) is 5.04. The SMILES string of the molecule is COc1ccccc1N1CC[C@H](NC(=O)[C@H]2CCC[C@@H](N)C2)C1=O. The minimum absolute atomic E-state index is 0.0367. The molecule has 1 aliphatic carbocycles. The molecule has 3 atom stereocenters. The summed E-state index contributed by atoms with van der Waals surface area (Å²) < 4.78 is 5.33. The van der Waals surface area contributed by atoms with Crippen LogP contribution < -0.4 is 20.7 Å². The zero-order chi connectivity index (χ0) is 17.1. The molecule has 0 radical (unpaired) electrons. The Bertz CT molecular complexity index is 619. The molecule has 1 aromatic carbocycles. The highest BCUT2D eigenvalue weighted by Gasteiger charge is 2.36. The first-order valence-electron chi connectivity index (χ1n) is 8.60. The molecule has 130 valence electrons. The van der Waals surface area contributed by atoms with Crippen LogP contribution in [-0.4, -0.2) is 37.6 Å². The van der Waals surface area contributed by atoms with Crippen LogP contribution in [0.2, 0.25) is 0 Å². The molecule has 1 saturated heterocycles. The van der Waals surface area contributed by atoms with Gasteiger partial charge in [0.15, 0.2) is 0 Å². The predicted molar refractivity (Wildman–Crippen MR) is 91.8 cm³/mol. The molecule has 1 aromatic rings. The Balaban J connectivity index is 1.65. The number of anilines is 1. The van der Waals surface area contributed by atoms with Crippen molar-refractivity contribution >= 4 is 17.5 Å². The molecular weight excluding hydrogens is 306 g/mol. The maximum Gasteiger partial charge on any atom is 0.249 e. The van der Waals surface area contributed by atoms with Crippen molar-refractivity contribution in [2.75, 3.05) is 18.6 Å². The minimum Gasteiger partial charge on any atom is -0.495 e. The summed E-state index contributed by atoms with van der Waals surface area (Å²) in [6.07, 6.45) is 4.14. The normalized spacial score (nSPS) is 27.2. The van der Waals surface area contributed by atoms with Gasteiger partial charge in [-0.15, -0.1) is 0 Å². The highest BCUT2D eigenvalue weighted by Crippen LogP contribution is 2.31. The molecule has 1 saturated carbocycles. The highest BCUT2D eigenvalue weighted by atomic mass is 16.5. The lowest BCUT2D eigenvalue weighted by atomic mass is 9.85. The Hall–Kier alpha value is -2.08. The molecule has 0 bridgehead atoms. The van der Waals surface area contributed by atoms with Gasteiger partial charge in [0.2, 0.25) is 11.8 Å². The number of amides is 2. The van der Waals surface area contributed by atoms with Crippen LogP contribution in [0.3, 0.4) is 0 Å². The Morgan fingerprint density at radius 1 is 1.29 bits per heavy atom. The van der Waals surface area contributed by atoms with E-state index in [4.69, 9.17) is 10.5 Å². The van der Waals surface area contributed by atoms with Crippen LogP contribution in [0, 0.1) is 5.92 Å². The molecule has 0 unspecified atom stereocenters. The largest absolute Gasteiger partial charge is 0.495 e. The van der Waals surface area contributed by atoms with Crippen molar-refractivity contribution in [1.29, 1.82) is 0 Å². The lowest BCUT2D eigenvalue weighted by molar-refractivity contribution is -0.130. The second-order valence-corrected chi connectivity index (χ2v) is 6.64. The lowest BCUT2D eigenvalue weighted by Gasteiger charge is -2.26. The van der Waals surface area contributed by atoms with Gasteiger partial charge in [0, 0.05) is 18.5 Å². The number of nitrogens with zero attached hydrogens (tertiary/aromatic N) is 1. The van der Waals surface area contributed by atoms with E-state index in [1.54, 1.807) is 12.0 Å². The van der Waals surface area contributed by atoms with E-state index in [-0.39, 0.29) is 23.8 Å². The molecule has 0 aromatic heterocycles. The van der Waals surface area contributed by atoms with Gasteiger partial charge in [-0.25, -0.2) is 0 Å². The van der Waals surface area contributed by atoms with Crippen molar-refractivity contribution < 1.29 is 14.3 Å². The quantitative estimate of drug-likeness (QED) is 0.874. The molecule has 3 N–H and O–H groups in total. The first-order chi connectivity index (χ1) is 11.6. The van der Waals surface area contributed by atoms with Crippen molar-refractivity contribution in [1.82, 2.24) is 5.32 Å². The van der Waals surface area contributed by atoms with Gasteiger partial charge in [-0.1, -0.05) is 18.6 Å². The average molecular weight is 331 g/mol. The van der Waals surface area contributed by atoms with Gasteiger partial charge >= 0.3 is 0 Å². The summed E-state index contributed by atoms with van der Waals surface area (Å²) in [5.74, 6) is 0.483. The Morgan fingerprint density at radius 3 is 2.83 bits per heavy atom. The van der Waals surface area contributed by atoms with Crippen molar-refractivity contribution in [2.45, 2.75) is 44.2 Å². The fourth-order valence-electron chi connectivity index (χ4n) is 3.66. The molecule has 1 aliphatic heterocycles. The molecule has 1 heterocycles. The number of carbonyl (C=O) groups excluding carboxylic acids is 2. The summed E-state index contributed by atoms with van der Waals surface area (Å²) in [4.78, 5) is 26.8. The number of methoxy groups -OCH3 is 1. The van der Waals surface area contributed by atoms with E-state index in [9.17, 15) is 9.59 Å². The van der Waals surface area contributed by atoms with Crippen LogP contribution >= 0.6 is 0 Å². The van der Waals surface area contributed by atoms with E-state index < -0.39 is 6.04 Å². The van der Waals surface area contributed by atoms with Gasteiger partial charge in [0.25, 0.3) is 0 Å². The van der Waals surface area contributed by atoms with E-state index in [2.05, 4.69) is 5.32 Å². The summed E-state index contributed by atoms with van der Waals surface area (Å²) in [7, 11) is 1.59. The van der Waals surface area contributed by atoms with E-state index in [0.29, 0.717) is 25.1 Å². The number of nitrogens with one attached hydrogen (secondary N) is 1. The molecule has 24 heavy (non-hydrogen) atoms. The molecule has 6 nitrogen and oxygen atoms in total. The second kappa shape index (κ2) is 7.21. The van der Waals surface area contributed by atoms with E-state index in [1.807, 2.05) is 24.3 Å². The molecular formula is C18H25N3O3. The van der Waals surface area contributed by atoms with Crippen molar-refractivity contribution in [3.8, 4) is 5.75 Å². The number of para-hydroxylation sites is 2. The number of hydrogen-bond acceptors (Lipinski definition) is 4. The maximum absolute atomic E-state index is 12.7. The predicted octanol–water partition coefficient (Wildman–Crippen LogP) is 1.43. The first-order valence-corrected chi connectivity index (χ1v) is 8.60. The Morgan fingerprint density at radius 2 is 2.08 bits per heavy atom. The molecule has 0 spiro atoms. The number of ether oxygens (including phenoxy) is 1. The van der Waals surface area contributed by atoms with Crippen LogP contribution in [0.1, 0.15) is 32.1 Å². The lowest BCUT2D eigenvalue weighted by Crippen LogP contribution is -2.45. The summed E-state index contributed by atoms with van der Waals surface area (Å²) in [5.41, 5.74) is 6.71. The average Bonchev–Trinajstić information content (AvgIpc) is 2.95. The number of hydrogen-bond donors (Lipinski definition) is 2. The third kappa shape index (κ3) is 3.38. The smallest absolute Gasteiger partial charge is 0.249 e. The van der Waals surface area contributed by atoms with Gasteiger partial charge in [-0.3, -0.25) is 9.59 Å². The number of nitrogens with two attached hydrogens (primary N) is 1. The molecule has 2 aliphatic rings.